The smallest absolute Gasteiger partial charge is 0.345 e. The molecule has 106 valence electrons. The van der Waals surface area contributed by atoms with Crippen molar-refractivity contribution in [2.24, 2.45) is 0 Å². The molecule has 2 aliphatic heterocycles. The molecule has 3 heterocycles. The van der Waals surface area contributed by atoms with Crippen LogP contribution in [0.4, 0.5) is 4.79 Å². The van der Waals surface area contributed by atoms with E-state index in [0.29, 0.717) is 12.3 Å². The summed E-state index contributed by atoms with van der Waals surface area (Å²) in [6.07, 6.45) is 3.05. The quantitative estimate of drug-likeness (QED) is 0.615. The minimum absolute atomic E-state index is 0.214. The summed E-state index contributed by atoms with van der Waals surface area (Å²) < 4.78 is 10.1. The molecule has 2 aliphatic rings. The number of furan rings is 1. The van der Waals surface area contributed by atoms with Gasteiger partial charge in [0.05, 0.1) is 26.5 Å². The molecular weight excluding hydrogens is 264 g/mol. The molecule has 2 atom stereocenters. The molecule has 0 spiro atoms. The molecule has 0 unspecified atom stereocenters. The van der Waals surface area contributed by atoms with Crippen molar-refractivity contribution in [2.75, 3.05) is 20.3 Å². The minimum atomic E-state index is -0.855. The molecule has 0 aromatic carbocycles. The number of urea groups is 1. The molecule has 2 amide bonds. The molecular formula is C13H14N2O5. The molecule has 0 radical (unpaired) electrons. The van der Waals surface area contributed by atoms with Crippen LogP contribution in [0.5, 0.6) is 0 Å². The molecule has 20 heavy (non-hydrogen) atoms. The molecule has 3 rings (SSSR count). The van der Waals surface area contributed by atoms with Gasteiger partial charge < -0.3 is 9.15 Å². The fourth-order valence-corrected chi connectivity index (χ4v) is 2.63. The monoisotopic (exact) mass is 278 g/mol. The number of fused-ring (bicyclic) bond motifs is 4. The van der Waals surface area contributed by atoms with Gasteiger partial charge >= 0.3 is 12.0 Å². The number of hydrogen-bond acceptors (Lipinski definition) is 5. The van der Waals surface area contributed by atoms with Crippen LogP contribution in [0.2, 0.25) is 0 Å². The Morgan fingerprint density at radius 2 is 2.45 bits per heavy atom. The highest BCUT2D eigenvalue weighted by Crippen LogP contribution is 2.44. The lowest BCUT2D eigenvalue weighted by Crippen LogP contribution is -2.38. The number of esters is 1. The van der Waals surface area contributed by atoms with Crippen molar-refractivity contribution in [2.45, 2.75) is 12.1 Å². The molecule has 1 fully saturated rings. The Balaban J connectivity index is 2.00. The summed E-state index contributed by atoms with van der Waals surface area (Å²) in [6.45, 7) is 4.13. The SMILES string of the molecule is C=CCON1C(=O)N2C[C@H]1c1ccoc1[C@H]2C(=O)OC. The van der Waals surface area contributed by atoms with Crippen LogP contribution in [-0.2, 0) is 14.4 Å². The largest absolute Gasteiger partial charge is 0.467 e. The lowest BCUT2D eigenvalue weighted by Gasteiger charge is -2.27. The summed E-state index contributed by atoms with van der Waals surface area (Å²) in [5, 5.41) is 1.26. The number of carbonyl (C=O) groups excluding carboxylic acids is 2. The maximum Gasteiger partial charge on any atom is 0.345 e. The lowest BCUT2D eigenvalue weighted by molar-refractivity contribution is -0.146. The first-order valence-corrected chi connectivity index (χ1v) is 6.17. The molecule has 7 heteroatoms. The molecule has 1 aromatic rings. The Labute approximate surface area is 115 Å². The van der Waals surface area contributed by atoms with Crippen LogP contribution < -0.4 is 0 Å². The van der Waals surface area contributed by atoms with Crippen LogP contribution in [0.15, 0.2) is 29.4 Å². The summed E-state index contributed by atoms with van der Waals surface area (Å²) in [6, 6.07) is 0.234. The molecule has 1 saturated heterocycles. The lowest BCUT2D eigenvalue weighted by atomic mass is 9.99. The van der Waals surface area contributed by atoms with Gasteiger partial charge in [0, 0.05) is 5.56 Å². The summed E-state index contributed by atoms with van der Waals surface area (Å²) in [5.74, 6) is -0.0928. The summed E-state index contributed by atoms with van der Waals surface area (Å²) >= 11 is 0. The number of amides is 2. The van der Waals surface area contributed by atoms with Gasteiger partial charge in [0.1, 0.15) is 11.8 Å². The van der Waals surface area contributed by atoms with Crippen molar-refractivity contribution in [3.05, 3.63) is 36.3 Å². The highest BCUT2D eigenvalue weighted by atomic mass is 16.7. The van der Waals surface area contributed by atoms with Gasteiger partial charge in [-0.25, -0.2) is 9.59 Å². The Morgan fingerprint density at radius 3 is 3.15 bits per heavy atom. The second kappa shape index (κ2) is 4.68. The second-order valence-electron chi connectivity index (χ2n) is 4.53. The summed E-state index contributed by atoms with van der Waals surface area (Å²) in [5.41, 5.74) is 0.770. The number of carbonyl (C=O) groups is 2. The second-order valence-corrected chi connectivity index (χ2v) is 4.53. The first-order chi connectivity index (χ1) is 9.69. The van der Waals surface area contributed by atoms with Gasteiger partial charge in [-0.2, -0.15) is 5.06 Å². The maximum atomic E-state index is 12.3. The van der Waals surface area contributed by atoms with Crippen LogP contribution in [0.3, 0.4) is 0 Å². The fraction of sp³-hybridized carbons (Fsp3) is 0.385. The highest BCUT2D eigenvalue weighted by Gasteiger charge is 2.53. The van der Waals surface area contributed by atoms with Crippen molar-refractivity contribution in [1.29, 1.82) is 0 Å². The van der Waals surface area contributed by atoms with E-state index in [1.807, 2.05) is 0 Å². The van der Waals surface area contributed by atoms with Crippen LogP contribution in [0.25, 0.3) is 0 Å². The first kappa shape index (κ1) is 12.7. The molecule has 0 aliphatic carbocycles. The van der Waals surface area contributed by atoms with Crippen LogP contribution in [0.1, 0.15) is 23.4 Å². The number of rotatable bonds is 4. The van der Waals surface area contributed by atoms with Crippen molar-refractivity contribution in [3.63, 3.8) is 0 Å². The summed E-state index contributed by atoms with van der Waals surface area (Å²) in [4.78, 5) is 31.1. The average Bonchev–Trinajstić information content (AvgIpc) is 3.03. The maximum absolute atomic E-state index is 12.3. The van der Waals surface area contributed by atoms with E-state index in [1.54, 1.807) is 12.1 Å². The van der Waals surface area contributed by atoms with Crippen molar-refractivity contribution in [1.82, 2.24) is 9.96 Å². The van der Waals surface area contributed by atoms with Crippen molar-refractivity contribution >= 4 is 12.0 Å². The molecule has 0 saturated carbocycles. The fourth-order valence-electron chi connectivity index (χ4n) is 2.63. The first-order valence-electron chi connectivity index (χ1n) is 6.17. The van der Waals surface area contributed by atoms with Crippen molar-refractivity contribution in [3.8, 4) is 0 Å². The Hall–Kier alpha value is -2.28. The molecule has 0 N–H and O–H groups in total. The average molecular weight is 278 g/mol. The zero-order valence-corrected chi connectivity index (χ0v) is 10.9. The van der Waals surface area contributed by atoms with Crippen LogP contribution in [-0.4, -0.2) is 42.2 Å². The standard InChI is InChI=1S/C13H14N2O5/c1-3-5-20-15-9-7-14(13(15)17)10(12(16)18-2)11-8(9)4-6-19-11/h3-4,6,9-10H,1,5,7H2,2H3/t9-,10-/m0/s1. The molecule has 1 aromatic heterocycles. The van der Waals surface area contributed by atoms with Gasteiger partial charge in [-0.3, -0.25) is 9.74 Å². The van der Waals surface area contributed by atoms with E-state index < -0.39 is 12.0 Å². The van der Waals surface area contributed by atoms with Gasteiger partial charge in [-0.1, -0.05) is 6.08 Å². The zero-order chi connectivity index (χ0) is 14.3. The van der Waals surface area contributed by atoms with E-state index in [2.05, 4.69) is 6.58 Å². The third kappa shape index (κ3) is 1.63. The molecule has 7 nitrogen and oxygen atoms in total. The predicted octanol–water partition coefficient (Wildman–Crippen LogP) is 1.40. The van der Waals surface area contributed by atoms with E-state index in [-0.39, 0.29) is 18.7 Å². The van der Waals surface area contributed by atoms with Gasteiger partial charge in [0.15, 0.2) is 6.04 Å². The van der Waals surface area contributed by atoms with E-state index >= 15 is 0 Å². The Morgan fingerprint density at radius 1 is 1.65 bits per heavy atom. The Kier molecular flexibility index (Phi) is 2.98. The van der Waals surface area contributed by atoms with E-state index in [9.17, 15) is 9.59 Å². The zero-order valence-electron chi connectivity index (χ0n) is 10.9. The number of hydroxylamine groups is 2. The Bertz CT molecular complexity index is 567. The van der Waals surface area contributed by atoms with E-state index in [4.69, 9.17) is 14.0 Å². The normalized spacial score (nSPS) is 23.8. The van der Waals surface area contributed by atoms with Gasteiger partial charge in [0.25, 0.3) is 0 Å². The topological polar surface area (TPSA) is 72.2 Å². The van der Waals surface area contributed by atoms with E-state index in [0.717, 1.165) is 5.56 Å². The van der Waals surface area contributed by atoms with Gasteiger partial charge in [-0.05, 0) is 6.07 Å². The van der Waals surface area contributed by atoms with Crippen molar-refractivity contribution < 1.29 is 23.6 Å². The highest BCUT2D eigenvalue weighted by molar-refractivity contribution is 5.87. The number of hydrogen-bond donors (Lipinski definition) is 0. The summed E-state index contributed by atoms with van der Waals surface area (Å²) in [7, 11) is 1.28. The predicted molar refractivity (Wildman–Crippen MR) is 66.3 cm³/mol. The van der Waals surface area contributed by atoms with E-state index in [1.165, 1.54) is 23.3 Å². The number of ether oxygens (including phenoxy) is 1. The van der Waals surface area contributed by atoms with Crippen LogP contribution in [0, 0.1) is 0 Å². The number of methoxy groups -OCH3 is 1. The van der Waals surface area contributed by atoms with Crippen LogP contribution >= 0.6 is 0 Å². The number of nitrogens with zero attached hydrogens (tertiary/aromatic N) is 2. The van der Waals surface area contributed by atoms with Gasteiger partial charge in [-0.15, -0.1) is 6.58 Å². The third-order valence-electron chi connectivity index (χ3n) is 3.49. The third-order valence-corrected chi connectivity index (χ3v) is 3.49. The van der Waals surface area contributed by atoms with Gasteiger partial charge in [0.2, 0.25) is 0 Å². The minimum Gasteiger partial charge on any atom is -0.467 e. The molecule has 2 bridgehead atoms.